The van der Waals surface area contributed by atoms with Gasteiger partial charge in [0.15, 0.2) is 0 Å². The zero-order valence-corrected chi connectivity index (χ0v) is 9.98. The van der Waals surface area contributed by atoms with Gasteiger partial charge in [0.2, 0.25) is 0 Å². The van der Waals surface area contributed by atoms with E-state index in [1.165, 1.54) is 18.2 Å². The third kappa shape index (κ3) is 3.41. The molecule has 1 aromatic carbocycles. The molecule has 2 unspecified atom stereocenters. The van der Waals surface area contributed by atoms with Gasteiger partial charge in [-0.25, -0.2) is 4.79 Å². The lowest BCUT2D eigenvalue weighted by Gasteiger charge is -2.19. The molecule has 1 rings (SSSR count). The summed E-state index contributed by atoms with van der Waals surface area (Å²) in [7, 11) is 1.63. The highest BCUT2D eigenvalue weighted by atomic mass is 35.5. The van der Waals surface area contributed by atoms with Gasteiger partial charge in [0.1, 0.15) is 6.10 Å². The minimum absolute atomic E-state index is 0.0140. The van der Waals surface area contributed by atoms with E-state index in [2.05, 4.69) is 5.32 Å². The van der Waals surface area contributed by atoms with E-state index in [0.29, 0.717) is 0 Å². The van der Waals surface area contributed by atoms with Crippen molar-refractivity contribution in [2.45, 2.75) is 12.2 Å². The topological polar surface area (TPSA) is 89.8 Å². The Hall–Kier alpha value is -1.14. The van der Waals surface area contributed by atoms with Crippen LogP contribution in [0, 0.1) is 0 Å². The highest BCUT2D eigenvalue weighted by Gasteiger charge is 2.21. The average Bonchev–Trinajstić information content (AvgIpc) is 2.28. The van der Waals surface area contributed by atoms with E-state index < -0.39 is 18.2 Å². The van der Waals surface area contributed by atoms with Crippen LogP contribution in [0.1, 0.15) is 22.0 Å². The highest BCUT2D eigenvalue weighted by molar-refractivity contribution is 6.31. The molecule has 0 bridgehead atoms. The van der Waals surface area contributed by atoms with Crippen LogP contribution in [0.4, 0.5) is 0 Å². The number of aromatic carboxylic acids is 1. The molecule has 1 aromatic rings. The third-order valence-electron chi connectivity index (χ3n) is 2.34. The molecule has 0 aliphatic rings. The number of rotatable bonds is 5. The predicted octanol–water partition coefficient (Wildman–Crippen LogP) is 0.652. The van der Waals surface area contributed by atoms with Crippen LogP contribution in [0.2, 0.25) is 5.02 Å². The van der Waals surface area contributed by atoms with Crippen LogP contribution < -0.4 is 5.32 Å². The van der Waals surface area contributed by atoms with E-state index in [9.17, 15) is 15.0 Å². The van der Waals surface area contributed by atoms with Crippen molar-refractivity contribution >= 4 is 17.6 Å². The molecule has 5 nitrogen and oxygen atoms in total. The fourth-order valence-corrected chi connectivity index (χ4v) is 1.66. The maximum Gasteiger partial charge on any atom is 0.335 e. The lowest BCUT2D eigenvalue weighted by molar-refractivity contribution is 0.0202. The van der Waals surface area contributed by atoms with E-state index in [1.807, 2.05) is 0 Å². The summed E-state index contributed by atoms with van der Waals surface area (Å²) in [6.45, 7) is 0.175. The molecular formula is C11H14ClNO4. The van der Waals surface area contributed by atoms with E-state index in [4.69, 9.17) is 16.7 Å². The fraction of sp³-hybridized carbons (Fsp3) is 0.364. The minimum atomic E-state index is -1.23. The molecule has 0 amide bonds. The molecule has 0 fully saturated rings. The Labute approximate surface area is 104 Å². The van der Waals surface area contributed by atoms with Gasteiger partial charge in [-0.15, -0.1) is 0 Å². The minimum Gasteiger partial charge on any atom is -0.478 e. The summed E-state index contributed by atoms with van der Waals surface area (Å²) in [4.78, 5) is 10.8. The van der Waals surface area contributed by atoms with Crippen LogP contribution >= 0.6 is 11.6 Å². The van der Waals surface area contributed by atoms with Gasteiger partial charge < -0.3 is 20.6 Å². The summed E-state index contributed by atoms with van der Waals surface area (Å²) >= 11 is 5.86. The predicted molar refractivity (Wildman–Crippen MR) is 63.3 cm³/mol. The Morgan fingerprint density at radius 3 is 2.65 bits per heavy atom. The molecule has 0 spiro atoms. The van der Waals surface area contributed by atoms with Crippen molar-refractivity contribution < 1.29 is 20.1 Å². The van der Waals surface area contributed by atoms with Crippen molar-refractivity contribution in [2.24, 2.45) is 0 Å². The van der Waals surface area contributed by atoms with Crippen LogP contribution in [-0.2, 0) is 0 Å². The van der Waals surface area contributed by atoms with Gasteiger partial charge >= 0.3 is 5.97 Å². The molecule has 0 heterocycles. The Kier molecular flexibility index (Phi) is 4.89. The molecule has 2 atom stereocenters. The summed E-state index contributed by atoms with van der Waals surface area (Å²) in [6.07, 6.45) is -2.28. The number of likely N-dealkylation sites (N-methyl/N-ethyl adjacent to an activating group) is 1. The normalized spacial score (nSPS) is 14.4. The van der Waals surface area contributed by atoms with Gasteiger partial charge in [0.05, 0.1) is 11.7 Å². The Bertz CT molecular complexity index is 410. The number of carboxylic acid groups (broad SMARTS) is 1. The van der Waals surface area contributed by atoms with Gasteiger partial charge in [0.25, 0.3) is 0 Å². The number of aliphatic hydroxyl groups is 2. The van der Waals surface area contributed by atoms with E-state index in [-0.39, 0.29) is 22.7 Å². The van der Waals surface area contributed by atoms with Crippen molar-refractivity contribution in [3.63, 3.8) is 0 Å². The number of nitrogens with one attached hydrogen (secondary N) is 1. The summed E-state index contributed by atoms with van der Waals surface area (Å²) < 4.78 is 0. The van der Waals surface area contributed by atoms with Crippen molar-refractivity contribution in [3.05, 3.63) is 34.3 Å². The van der Waals surface area contributed by atoms with Gasteiger partial charge in [-0.2, -0.15) is 0 Å². The number of hydrogen-bond acceptors (Lipinski definition) is 4. The molecule has 6 heteroatoms. The quantitative estimate of drug-likeness (QED) is 0.624. The Balaban J connectivity index is 3.03. The number of carbonyl (C=O) groups is 1. The van der Waals surface area contributed by atoms with Crippen LogP contribution in [0.5, 0.6) is 0 Å². The zero-order chi connectivity index (χ0) is 13.0. The SMILES string of the molecule is CNCC(O)C(O)c1cc(C(=O)O)ccc1Cl. The molecule has 0 saturated carbocycles. The average molecular weight is 260 g/mol. The van der Waals surface area contributed by atoms with E-state index in [0.717, 1.165) is 0 Å². The molecular weight excluding hydrogens is 246 g/mol. The summed E-state index contributed by atoms with van der Waals surface area (Å²) in [5.74, 6) is -1.11. The van der Waals surface area contributed by atoms with Crippen molar-refractivity contribution in [3.8, 4) is 0 Å². The summed E-state index contributed by atoms with van der Waals surface area (Å²) in [5.41, 5.74) is 0.217. The van der Waals surface area contributed by atoms with Crippen molar-refractivity contribution in [1.29, 1.82) is 0 Å². The molecule has 0 saturated heterocycles. The molecule has 0 aliphatic heterocycles. The first-order valence-corrected chi connectivity index (χ1v) is 5.38. The van der Waals surface area contributed by atoms with Crippen LogP contribution in [0.3, 0.4) is 0 Å². The first-order chi connectivity index (χ1) is 7.97. The third-order valence-corrected chi connectivity index (χ3v) is 2.68. The molecule has 0 radical (unpaired) electrons. The monoisotopic (exact) mass is 259 g/mol. The molecule has 0 aromatic heterocycles. The van der Waals surface area contributed by atoms with Gasteiger partial charge in [-0.1, -0.05) is 11.6 Å². The maximum absolute atomic E-state index is 10.8. The lowest BCUT2D eigenvalue weighted by Crippen LogP contribution is -2.29. The molecule has 17 heavy (non-hydrogen) atoms. The summed E-state index contributed by atoms with van der Waals surface area (Å²) in [6, 6.07) is 3.98. The Morgan fingerprint density at radius 2 is 2.12 bits per heavy atom. The second kappa shape index (κ2) is 5.97. The summed E-state index contributed by atoms with van der Waals surface area (Å²) in [5, 5.41) is 31.2. The van der Waals surface area contributed by atoms with Gasteiger partial charge in [-0.3, -0.25) is 0 Å². The zero-order valence-electron chi connectivity index (χ0n) is 9.22. The van der Waals surface area contributed by atoms with E-state index in [1.54, 1.807) is 7.05 Å². The van der Waals surface area contributed by atoms with Crippen molar-refractivity contribution in [1.82, 2.24) is 5.32 Å². The largest absolute Gasteiger partial charge is 0.478 e. The van der Waals surface area contributed by atoms with Crippen LogP contribution in [0.15, 0.2) is 18.2 Å². The number of aliphatic hydroxyl groups excluding tert-OH is 2. The molecule has 0 aliphatic carbocycles. The van der Waals surface area contributed by atoms with Crippen LogP contribution in [-0.4, -0.2) is 41.0 Å². The number of hydrogen-bond donors (Lipinski definition) is 4. The van der Waals surface area contributed by atoms with Crippen molar-refractivity contribution in [2.75, 3.05) is 13.6 Å². The van der Waals surface area contributed by atoms with Gasteiger partial charge in [-0.05, 0) is 25.2 Å². The molecule has 94 valence electrons. The second-order valence-electron chi connectivity index (χ2n) is 3.61. The van der Waals surface area contributed by atoms with Gasteiger partial charge in [0, 0.05) is 17.1 Å². The first-order valence-electron chi connectivity index (χ1n) is 5.00. The standard InChI is InChI=1S/C11H14ClNO4/c1-13-5-9(14)10(15)7-4-6(11(16)17)2-3-8(7)12/h2-4,9-10,13-15H,5H2,1H3,(H,16,17). The Morgan fingerprint density at radius 1 is 1.47 bits per heavy atom. The fourth-order valence-electron chi connectivity index (χ4n) is 1.43. The second-order valence-corrected chi connectivity index (χ2v) is 4.02. The maximum atomic E-state index is 10.8. The molecule has 4 N–H and O–H groups in total. The highest BCUT2D eigenvalue weighted by Crippen LogP contribution is 2.26. The smallest absolute Gasteiger partial charge is 0.335 e. The number of benzene rings is 1. The number of carboxylic acids is 1. The first kappa shape index (κ1) is 13.9. The number of halogens is 1. The van der Waals surface area contributed by atoms with E-state index >= 15 is 0 Å². The lowest BCUT2D eigenvalue weighted by atomic mass is 10.0. The van der Waals surface area contributed by atoms with Crippen LogP contribution in [0.25, 0.3) is 0 Å².